The molecule has 0 heterocycles. The van der Waals surface area contributed by atoms with E-state index in [9.17, 15) is 4.39 Å². The van der Waals surface area contributed by atoms with Crippen LogP contribution in [-0.4, -0.2) is 17.7 Å². The molecule has 0 atom stereocenters. The van der Waals surface area contributed by atoms with Gasteiger partial charge in [-0.1, -0.05) is 25.3 Å². The summed E-state index contributed by atoms with van der Waals surface area (Å²) in [5.41, 5.74) is 0.816. The Morgan fingerprint density at radius 2 is 2.11 bits per heavy atom. The van der Waals surface area contributed by atoms with Crippen molar-refractivity contribution in [3.05, 3.63) is 30.1 Å². The van der Waals surface area contributed by atoms with E-state index in [4.69, 9.17) is 12.2 Å². The average Bonchev–Trinajstić information content (AvgIpc) is 2.41. The molecule has 0 bridgehead atoms. The Balaban J connectivity index is 2.02. The first-order valence-corrected chi connectivity index (χ1v) is 7.45. The number of rotatable bonds is 3. The lowest BCUT2D eigenvalue weighted by Crippen LogP contribution is -2.45. The van der Waals surface area contributed by atoms with Gasteiger partial charge >= 0.3 is 0 Å². The monoisotopic (exact) mass is 280 g/mol. The Morgan fingerprint density at radius 3 is 2.74 bits per heavy atom. The van der Waals surface area contributed by atoms with Crippen LogP contribution in [0.4, 0.5) is 10.1 Å². The highest BCUT2D eigenvalue weighted by Crippen LogP contribution is 2.19. The summed E-state index contributed by atoms with van der Waals surface area (Å²) >= 11 is 5.47. The molecule has 2 nitrogen and oxygen atoms in total. The highest BCUT2D eigenvalue weighted by molar-refractivity contribution is 7.80. The van der Waals surface area contributed by atoms with Gasteiger partial charge in [0.1, 0.15) is 5.82 Å². The van der Waals surface area contributed by atoms with E-state index in [1.807, 2.05) is 17.9 Å². The van der Waals surface area contributed by atoms with E-state index in [0.717, 1.165) is 12.2 Å². The second kappa shape index (κ2) is 6.85. The van der Waals surface area contributed by atoms with E-state index in [2.05, 4.69) is 5.32 Å². The largest absolute Gasteiger partial charge is 0.360 e. The Morgan fingerprint density at radius 1 is 1.37 bits per heavy atom. The lowest BCUT2D eigenvalue weighted by molar-refractivity contribution is 0.413. The maximum Gasteiger partial charge on any atom is 0.173 e. The quantitative estimate of drug-likeness (QED) is 0.846. The van der Waals surface area contributed by atoms with Gasteiger partial charge in [-0.25, -0.2) is 4.39 Å². The van der Waals surface area contributed by atoms with Gasteiger partial charge in [0.2, 0.25) is 0 Å². The fourth-order valence-corrected chi connectivity index (χ4v) is 2.99. The average molecular weight is 280 g/mol. The first-order chi connectivity index (χ1) is 9.20. The molecule has 1 fully saturated rings. The minimum atomic E-state index is -0.226. The fraction of sp³-hybridized carbons (Fsp3) is 0.533. The van der Waals surface area contributed by atoms with Crippen molar-refractivity contribution in [2.45, 2.75) is 45.1 Å². The third kappa shape index (κ3) is 3.90. The van der Waals surface area contributed by atoms with E-state index in [-0.39, 0.29) is 5.82 Å². The summed E-state index contributed by atoms with van der Waals surface area (Å²) in [4.78, 5) is 1.95. The number of benzene rings is 1. The van der Waals surface area contributed by atoms with Crippen LogP contribution in [0.25, 0.3) is 0 Å². The van der Waals surface area contributed by atoms with E-state index < -0.39 is 0 Å². The molecule has 0 aromatic heterocycles. The topological polar surface area (TPSA) is 15.3 Å². The van der Waals surface area contributed by atoms with Crippen LogP contribution in [0.15, 0.2) is 24.3 Å². The molecule has 19 heavy (non-hydrogen) atoms. The maximum atomic E-state index is 13.3. The molecule has 0 amide bonds. The van der Waals surface area contributed by atoms with Gasteiger partial charge in [-0.2, -0.15) is 0 Å². The van der Waals surface area contributed by atoms with E-state index in [1.165, 1.54) is 44.2 Å². The Kier molecular flexibility index (Phi) is 5.14. The molecule has 0 spiro atoms. The third-order valence-corrected chi connectivity index (χ3v) is 3.95. The smallest absolute Gasteiger partial charge is 0.173 e. The second-order valence-corrected chi connectivity index (χ2v) is 5.40. The Bertz CT molecular complexity index is 430. The summed E-state index contributed by atoms with van der Waals surface area (Å²) in [5, 5.41) is 4.13. The molecule has 0 radical (unpaired) electrons. The molecule has 4 heteroatoms. The van der Waals surface area contributed by atoms with Gasteiger partial charge in [-0.05, 0) is 50.2 Å². The third-order valence-electron chi connectivity index (χ3n) is 3.61. The molecule has 1 saturated carbocycles. The molecule has 1 N–H and O–H groups in total. The number of anilines is 1. The van der Waals surface area contributed by atoms with Gasteiger partial charge < -0.3 is 10.2 Å². The zero-order valence-electron chi connectivity index (χ0n) is 11.4. The van der Waals surface area contributed by atoms with Crippen LogP contribution in [-0.2, 0) is 0 Å². The van der Waals surface area contributed by atoms with Gasteiger partial charge in [0, 0.05) is 18.3 Å². The molecule has 104 valence electrons. The van der Waals surface area contributed by atoms with Crippen molar-refractivity contribution in [1.82, 2.24) is 5.32 Å². The second-order valence-electron chi connectivity index (χ2n) is 5.01. The van der Waals surface area contributed by atoms with Gasteiger partial charge in [-0.15, -0.1) is 0 Å². The lowest BCUT2D eigenvalue weighted by atomic mass is 9.96. The number of thiocarbonyl (C=S) groups is 1. The Hall–Kier alpha value is -1.16. The Labute approximate surface area is 120 Å². The van der Waals surface area contributed by atoms with Crippen molar-refractivity contribution in [2.24, 2.45) is 0 Å². The molecule has 2 rings (SSSR count). The minimum Gasteiger partial charge on any atom is -0.360 e. The number of hydrogen-bond acceptors (Lipinski definition) is 1. The summed E-state index contributed by atoms with van der Waals surface area (Å²) in [7, 11) is 0. The predicted molar refractivity (Wildman–Crippen MR) is 82.0 cm³/mol. The summed E-state index contributed by atoms with van der Waals surface area (Å²) in [6.07, 6.45) is 6.23. The molecule has 1 aromatic rings. The maximum absolute atomic E-state index is 13.3. The van der Waals surface area contributed by atoms with Gasteiger partial charge in [-0.3, -0.25) is 0 Å². The minimum absolute atomic E-state index is 0.226. The summed E-state index contributed by atoms with van der Waals surface area (Å²) in [6.45, 7) is 2.77. The van der Waals surface area contributed by atoms with E-state index >= 15 is 0 Å². The van der Waals surface area contributed by atoms with Crippen LogP contribution in [0.5, 0.6) is 0 Å². The van der Waals surface area contributed by atoms with Gasteiger partial charge in [0.25, 0.3) is 0 Å². The normalized spacial score (nSPS) is 16.1. The van der Waals surface area contributed by atoms with Crippen LogP contribution in [0, 0.1) is 5.82 Å². The van der Waals surface area contributed by atoms with Gasteiger partial charge in [0.15, 0.2) is 5.11 Å². The van der Waals surface area contributed by atoms with Crippen molar-refractivity contribution < 1.29 is 4.39 Å². The highest BCUT2D eigenvalue weighted by atomic mass is 32.1. The zero-order chi connectivity index (χ0) is 13.7. The summed E-state index contributed by atoms with van der Waals surface area (Å²) < 4.78 is 13.3. The molecule has 0 aliphatic heterocycles. The predicted octanol–water partition coefficient (Wildman–Crippen LogP) is 3.86. The van der Waals surface area contributed by atoms with Crippen LogP contribution >= 0.6 is 12.2 Å². The first-order valence-electron chi connectivity index (χ1n) is 7.04. The van der Waals surface area contributed by atoms with E-state index in [0.29, 0.717) is 11.2 Å². The van der Waals surface area contributed by atoms with Crippen LogP contribution in [0.3, 0.4) is 0 Å². The van der Waals surface area contributed by atoms with E-state index in [1.54, 1.807) is 6.07 Å². The molecule has 1 aliphatic carbocycles. The van der Waals surface area contributed by atoms with Gasteiger partial charge in [0.05, 0.1) is 0 Å². The fourth-order valence-electron chi connectivity index (χ4n) is 2.59. The van der Waals surface area contributed by atoms with Crippen LogP contribution in [0.1, 0.15) is 39.0 Å². The number of nitrogens with zero attached hydrogens (tertiary/aromatic N) is 1. The van der Waals surface area contributed by atoms with Crippen LogP contribution < -0.4 is 10.2 Å². The van der Waals surface area contributed by atoms with Crippen molar-refractivity contribution in [2.75, 3.05) is 11.4 Å². The zero-order valence-corrected chi connectivity index (χ0v) is 12.2. The van der Waals surface area contributed by atoms with Crippen LogP contribution in [0.2, 0.25) is 0 Å². The number of hydrogen-bond donors (Lipinski definition) is 1. The molecule has 0 saturated heterocycles. The van der Waals surface area contributed by atoms with Crippen molar-refractivity contribution in [3.8, 4) is 0 Å². The first kappa shape index (κ1) is 14.3. The molecule has 1 aromatic carbocycles. The summed E-state index contributed by atoms with van der Waals surface area (Å²) in [5.74, 6) is -0.226. The van der Waals surface area contributed by atoms with Crippen molar-refractivity contribution >= 4 is 23.0 Å². The lowest BCUT2D eigenvalue weighted by Gasteiger charge is -2.30. The molecular weight excluding hydrogens is 259 g/mol. The standard InChI is InChI=1S/C15H21FN2S/c1-2-18(14-10-6-7-12(16)11-14)15(19)17-13-8-4-3-5-9-13/h6-7,10-11,13H,2-5,8-9H2,1H3,(H,17,19). The van der Waals surface area contributed by atoms with Crippen molar-refractivity contribution in [3.63, 3.8) is 0 Å². The number of nitrogens with one attached hydrogen (secondary N) is 1. The molecular formula is C15H21FN2S. The molecule has 0 unspecified atom stereocenters. The number of halogens is 1. The SMILES string of the molecule is CCN(C(=S)NC1CCCCC1)c1cccc(F)c1. The van der Waals surface area contributed by atoms with Crippen molar-refractivity contribution in [1.29, 1.82) is 0 Å². The summed E-state index contributed by atoms with van der Waals surface area (Å²) in [6, 6.07) is 7.06. The molecule has 1 aliphatic rings. The highest BCUT2D eigenvalue weighted by Gasteiger charge is 2.17.